The van der Waals surface area contributed by atoms with Crippen LogP contribution in [0.25, 0.3) is 82.7 Å². The van der Waals surface area contributed by atoms with Crippen LogP contribution in [-0.2, 0) is 0 Å². The Kier molecular flexibility index (Phi) is 8.27. The number of benzene rings is 6. The minimum Gasteiger partial charge on any atom is -0.309 e. The minimum absolute atomic E-state index is 0.891. The first-order valence-electron chi connectivity index (χ1n) is 17.5. The van der Waals surface area contributed by atoms with Crippen molar-refractivity contribution in [2.45, 2.75) is 13.8 Å². The second-order valence-electron chi connectivity index (χ2n) is 12.1. The molecule has 0 aliphatic heterocycles. The highest BCUT2D eigenvalue weighted by Gasteiger charge is 2.21. The summed E-state index contributed by atoms with van der Waals surface area (Å²) in [7, 11) is 0. The van der Waals surface area contributed by atoms with Crippen LogP contribution in [0.1, 0.15) is 13.8 Å². The summed E-state index contributed by atoms with van der Waals surface area (Å²) in [6.07, 6.45) is 3.28. The van der Waals surface area contributed by atoms with Gasteiger partial charge in [-0.25, -0.2) is 4.98 Å². The fourth-order valence-corrected chi connectivity index (χ4v) is 7.43. The van der Waals surface area contributed by atoms with Gasteiger partial charge in [0, 0.05) is 38.0 Å². The fraction of sp³-hybridized carbons (Fsp3) is 0.0426. The Morgan fingerprint density at radius 2 is 0.824 bits per heavy atom. The summed E-state index contributed by atoms with van der Waals surface area (Å²) in [5.41, 5.74) is 8.15. The summed E-state index contributed by atoms with van der Waals surface area (Å²) in [6.45, 7) is 10.7. The number of hydrogen-bond donors (Lipinski definition) is 0. The number of nitrogens with zero attached hydrogens (tertiary/aromatic N) is 4. The van der Waals surface area contributed by atoms with Crippen molar-refractivity contribution in [2.75, 3.05) is 0 Å². The van der Waals surface area contributed by atoms with E-state index in [1.165, 1.54) is 43.4 Å². The number of allylic oxidation sites excluding steroid dienone is 2. The van der Waals surface area contributed by atoms with E-state index in [1.807, 2.05) is 13.8 Å². The van der Waals surface area contributed by atoms with E-state index in [0.717, 1.165) is 39.4 Å². The third-order valence-corrected chi connectivity index (χ3v) is 9.41. The maximum Gasteiger partial charge on any atom is 0.140 e. The van der Waals surface area contributed by atoms with E-state index >= 15 is 0 Å². The highest BCUT2D eigenvalue weighted by molar-refractivity contribution is 6.26. The molecule has 0 fully saturated rings. The Hall–Kier alpha value is -6.65. The Balaban J connectivity index is 0.000000585. The van der Waals surface area contributed by atoms with Crippen LogP contribution in [0.5, 0.6) is 0 Å². The van der Waals surface area contributed by atoms with Gasteiger partial charge >= 0.3 is 0 Å². The molecule has 0 amide bonds. The first-order valence-corrected chi connectivity index (χ1v) is 17.5. The maximum absolute atomic E-state index is 5.38. The molecule has 0 radical (unpaired) electrons. The van der Waals surface area contributed by atoms with Gasteiger partial charge in [0.1, 0.15) is 11.6 Å². The minimum atomic E-state index is 0.891. The quantitative estimate of drug-likeness (QED) is 0.173. The van der Waals surface area contributed by atoms with Gasteiger partial charge in [0.25, 0.3) is 0 Å². The van der Waals surface area contributed by atoms with Gasteiger partial charge in [0.05, 0.1) is 33.1 Å². The zero-order valence-corrected chi connectivity index (χ0v) is 28.9. The van der Waals surface area contributed by atoms with Crippen LogP contribution in [0.3, 0.4) is 0 Å². The van der Waals surface area contributed by atoms with Gasteiger partial charge in [-0.05, 0) is 54.6 Å². The molecule has 4 heterocycles. The van der Waals surface area contributed by atoms with Gasteiger partial charge in [0.2, 0.25) is 0 Å². The van der Waals surface area contributed by atoms with Crippen LogP contribution >= 0.6 is 0 Å². The van der Waals surface area contributed by atoms with E-state index in [2.05, 4.69) is 185 Å². The molecule has 10 aromatic rings. The van der Waals surface area contributed by atoms with Crippen molar-refractivity contribution in [3.8, 4) is 17.3 Å². The SMILES string of the molecule is C=CC=C.CC.c1ccc(-n2c3ccccc3c3ccc4c(c5ccccc5n4-c4cccc(-n5c6ccccc6c6ccccc65)n4)c32)cc1. The van der Waals surface area contributed by atoms with Crippen molar-refractivity contribution in [1.29, 1.82) is 0 Å². The molecule has 0 spiro atoms. The molecule has 0 aliphatic rings. The van der Waals surface area contributed by atoms with E-state index in [1.54, 1.807) is 12.2 Å². The van der Waals surface area contributed by atoms with E-state index in [4.69, 9.17) is 4.98 Å². The summed E-state index contributed by atoms with van der Waals surface area (Å²) in [4.78, 5) is 5.38. The highest BCUT2D eigenvalue weighted by atomic mass is 15.1. The Morgan fingerprint density at radius 3 is 1.37 bits per heavy atom. The molecule has 51 heavy (non-hydrogen) atoms. The number of rotatable bonds is 4. The summed E-state index contributed by atoms with van der Waals surface area (Å²) >= 11 is 0. The fourth-order valence-electron chi connectivity index (χ4n) is 7.43. The van der Waals surface area contributed by atoms with Crippen molar-refractivity contribution >= 4 is 65.4 Å². The third-order valence-electron chi connectivity index (χ3n) is 9.41. The molecule has 0 saturated heterocycles. The molecule has 0 unspecified atom stereocenters. The number of hydrogen-bond acceptors (Lipinski definition) is 1. The molecule has 4 heteroatoms. The molecule has 4 nitrogen and oxygen atoms in total. The van der Waals surface area contributed by atoms with Crippen LogP contribution in [-0.4, -0.2) is 18.7 Å². The lowest BCUT2D eigenvalue weighted by atomic mass is 10.1. The second kappa shape index (κ2) is 13.3. The lowest BCUT2D eigenvalue weighted by molar-refractivity contribution is 1.01. The van der Waals surface area contributed by atoms with Crippen LogP contribution in [0.4, 0.5) is 0 Å². The molecule has 6 aromatic carbocycles. The number of fused-ring (bicyclic) bond motifs is 10. The predicted octanol–water partition coefficient (Wildman–Crippen LogP) is 12.8. The number of pyridine rings is 1. The molecule has 10 rings (SSSR count). The van der Waals surface area contributed by atoms with Crippen molar-refractivity contribution in [3.05, 3.63) is 183 Å². The van der Waals surface area contributed by atoms with Crippen LogP contribution in [0, 0.1) is 0 Å². The molecule has 4 aromatic heterocycles. The Bertz CT molecular complexity index is 2810. The molecule has 0 bridgehead atoms. The molecule has 0 atom stereocenters. The molecule has 0 N–H and O–H groups in total. The largest absolute Gasteiger partial charge is 0.309 e. The van der Waals surface area contributed by atoms with Gasteiger partial charge in [-0.2, -0.15) is 0 Å². The Labute approximate surface area is 297 Å². The standard InChI is InChI=1S/C41H26N4.C4H6.C2H6/c1-2-13-27(14-3-1)43-33-19-8-6-17-30(33)31-25-26-37-40(41(31)43)32-18-7-11-22-36(32)45(37)39-24-12-23-38(42-39)44-34-20-9-4-15-28(34)29-16-5-10-21-35(29)44;1-3-4-2;1-2/h1-26H;3-4H,1-2H2;1-2H3. The summed E-state index contributed by atoms with van der Waals surface area (Å²) < 4.78 is 7.04. The monoisotopic (exact) mass is 658 g/mol. The first-order chi connectivity index (χ1) is 25.3. The number of para-hydroxylation sites is 5. The smallest absolute Gasteiger partial charge is 0.140 e. The topological polar surface area (TPSA) is 27.7 Å². The normalized spacial score (nSPS) is 11.1. The predicted molar refractivity (Wildman–Crippen MR) is 219 cm³/mol. The second-order valence-corrected chi connectivity index (χ2v) is 12.1. The lowest BCUT2D eigenvalue weighted by Crippen LogP contribution is -2.03. The summed E-state index contributed by atoms with van der Waals surface area (Å²) in [6, 6.07) is 56.2. The average molecular weight is 659 g/mol. The van der Waals surface area contributed by atoms with Crippen molar-refractivity contribution in [2.24, 2.45) is 0 Å². The third kappa shape index (κ3) is 5.03. The van der Waals surface area contributed by atoms with Gasteiger partial charge in [0.15, 0.2) is 0 Å². The zero-order valence-electron chi connectivity index (χ0n) is 28.9. The molecular formula is C47H38N4. The van der Waals surface area contributed by atoms with E-state index in [0.29, 0.717) is 0 Å². The van der Waals surface area contributed by atoms with Crippen molar-refractivity contribution < 1.29 is 0 Å². The van der Waals surface area contributed by atoms with Crippen LogP contribution in [0.2, 0.25) is 0 Å². The average Bonchev–Trinajstić information content (AvgIpc) is 3.85. The molecular weight excluding hydrogens is 621 g/mol. The van der Waals surface area contributed by atoms with E-state index in [9.17, 15) is 0 Å². The van der Waals surface area contributed by atoms with Gasteiger partial charge < -0.3 is 4.57 Å². The highest BCUT2D eigenvalue weighted by Crippen LogP contribution is 2.42. The maximum atomic E-state index is 5.38. The van der Waals surface area contributed by atoms with Gasteiger partial charge in [-0.3, -0.25) is 9.13 Å². The van der Waals surface area contributed by atoms with Gasteiger partial charge in [-0.15, -0.1) is 0 Å². The summed E-state index contributed by atoms with van der Waals surface area (Å²) in [5.74, 6) is 1.79. The van der Waals surface area contributed by atoms with Crippen molar-refractivity contribution in [3.63, 3.8) is 0 Å². The van der Waals surface area contributed by atoms with E-state index in [-0.39, 0.29) is 0 Å². The molecule has 246 valence electrons. The van der Waals surface area contributed by atoms with Gasteiger partial charge in [-0.1, -0.05) is 142 Å². The summed E-state index contributed by atoms with van der Waals surface area (Å²) in [5, 5.41) is 7.40. The molecule has 0 aliphatic carbocycles. The van der Waals surface area contributed by atoms with Crippen LogP contribution in [0.15, 0.2) is 183 Å². The van der Waals surface area contributed by atoms with Crippen molar-refractivity contribution in [1.82, 2.24) is 18.7 Å². The van der Waals surface area contributed by atoms with E-state index < -0.39 is 0 Å². The lowest BCUT2D eigenvalue weighted by Gasteiger charge is -2.12. The molecule has 0 saturated carbocycles. The Morgan fingerprint density at radius 1 is 0.392 bits per heavy atom. The number of aromatic nitrogens is 4. The van der Waals surface area contributed by atoms with Crippen LogP contribution < -0.4 is 0 Å². The first kappa shape index (κ1) is 31.6. The zero-order chi connectivity index (χ0) is 34.9.